The monoisotopic (exact) mass is 283 g/mol. The van der Waals surface area contributed by atoms with Crippen LogP contribution >= 0.6 is 20.2 Å². The molecule has 0 aliphatic carbocycles. The second-order valence-corrected chi connectivity index (χ2v) is 5.28. The van der Waals surface area contributed by atoms with Crippen LogP contribution in [-0.2, 0) is 15.9 Å². The molecule has 1 heterocycles. The first kappa shape index (κ1) is 13.6. The molecule has 1 saturated heterocycles. The number of thiocarbonyl (C=S) groups is 1. The normalized spacial score (nSPS) is 18.6. The summed E-state index contributed by atoms with van der Waals surface area (Å²) in [5, 5.41) is 0. The molecule has 0 bridgehead atoms. The Hall–Kier alpha value is -0.840. The summed E-state index contributed by atoms with van der Waals surface area (Å²) < 4.78 is 10.7. The molecule has 1 aliphatic heterocycles. The molecule has 1 atom stereocenters. The molecule has 0 aromatic heterocycles. The first-order valence-electron chi connectivity index (χ1n) is 5.61. The zero-order valence-electron chi connectivity index (χ0n) is 9.82. The van der Waals surface area contributed by atoms with E-state index in [0.717, 1.165) is 5.56 Å². The van der Waals surface area contributed by atoms with Gasteiger partial charge in [-0.3, -0.25) is 0 Å². The third kappa shape index (κ3) is 3.57. The van der Waals surface area contributed by atoms with Crippen LogP contribution in [-0.4, -0.2) is 35.6 Å². The Balaban J connectivity index is 2.01. The van der Waals surface area contributed by atoms with Gasteiger partial charge in [-0.1, -0.05) is 42.5 Å². The Bertz CT molecular complexity index is 438. The van der Waals surface area contributed by atoms with Gasteiger partial charge in [0.05, 0.1) is 18.6 Å². The van der Waals surface area contributed by atoms with E-state index in [1.165, 1.54) is 5.49 Å². The number of hydrogen-bond donors (Lipinski definition) is 0. The topological polar surface area (TPSA) is 44.8 Å². The van der Waals surface area contributed by atoms with Crippen LogP contribution in [0.4, 0.5) is 0 Å². The van der Waals surface area contributed by atoms with Crippen molar-refractivity contribution in [2.75, 3.05) is 19.8 Å². The predicted molar refractivity (Wildman–Crippen MR) is 74.3 cm³/mol. The van der Waals surface area contributed by atoms with Crippen molar-refractivity contribution in [3.05, 3.63) is 35.9 Å². The van der Waals surface area contributed by atoms with Crippen molar-refractivity contribution >= 4 is 31.1 Å². The molecule has 1 aromatic rings. The van der Waals surface area contributed by atoms with Crippen molar-refractivity contribution in [1.29, 1.82) is 0 Å². The molecule has 1 aliphatic rings. The molecule has 0 saturated carbocycles. The number of nitrogens with zero attached hydrogens (tertiary/aromatic N) is 1. The SMILES string of the molecule is [O-][P+](OCc1ccccc1)=C1COCCN1C=S. The third-order valence-corrected chi connectivity index (χ3v) is 3.99. The lowest BCUT2D eigenvalue weighted by Crippen LogP contribution is -2.40. The average Bonchev–Trinajstić information content (AvgIpc) is 2.45. The standard InChI is InChI=1S/C12H14NO3PS/c14-17(12-9-15-7-6-13(12)10-18)16-8-11-4-2-1-3-5-11/h1-5,10H,6-9H2. The molecule has 6 heteroatoms. The van der Waals surface area contributed by atoms with Gasteiger partial charge < -0.3 is 14.5 Å². The number of morpholine rings is 1. The largest absolute Gasteiger partial charge is 0.601 e. The number of benzene rings is 1. The van der Waals surface area contributed by atoms with Gasteiger partial charge in [-0.15, -0.1) is 0 Å². The van der Waals surface area contributed by atoms with Crippen LogP contribution in [0.2, 0.25) is 0 Å². The Morgan fingerprint density at radius 2 is 2.22 bits per heavy atom. The maximum Gasteiger partial charge on any atom is 0.247 e. The van der Waals surface area contributed by atoms with Crippen molar-refractivity contribution < 1.29 is 14.2 Å². The van der Waals surface area contributed by atoms with Gasteiger partial charge in [-0.05, 0) is 5.56 Å². The maximum absolute atomic E-state index is 12.0. The van der Waals surface area contributed by atoms with Crippen LogP contribution in [0.5, 0.6) is 0 Å². The van der Waals surface area contributed by atoms with Crippen molar-refractivity contribution in [3.8, 4) is 0 Å². The fourth-order valence-electron chi connectivity index (χ4n) is 1.59. The van der Waals surface area contributed by atoms with Crippen LogP contribution in [0.25, 0.3) is 0 Å². The van der Waals surface area contributed by atoms with E-state index in [1.807, 2.05) is 30.3 Å². The fraction of sp³-hybridized carbons (Fsp3) is 0.333. The van der Waals surface area contributed by atoms with Gasteiger partial charge in [0.1, 0.15) is 13.2 Å². The van der Waals surface area contributed by atoms with Gasteiger partial charge in [0.25, 0.3) is 0 Å². The van der Waals surface area contributed by atoms with E-state index >= 15 is 0 Å². The summed E-state index contributed by atoms with van der Waals surface area (Å²) in [6.07, 6.45) is 0. The highest BCUT2D eigenvalue weighted by molar-refractivity contribution is 7.78. The van der Waals surface area contributed by atoms with Gasteiger partial charge in [-0.2, -0.15) is 4.52 Å². The zero-order valence-corrected chi connectivity index (χ0v) is 11.5. The highest BCUT2D eigenvalue weighted by Crippen LogP contribution is 2.21. The molecule has 0 spiro atoms. The van der Waals surface area contributed by atoms with E-state index in [0.29, 0.717) is 31.8 Å². The van der Waals surface area contributed by atoms with Crippen LogP contribution in [0, 0.1) is 0 Å². The van der Waals surface area contributed by atoms with Gasteiger partial charge in [0.15, 0.2) is 0 Å². The van der Waals surface area contributed by atoms with Crippen LogP contribution in [0.15, 0.2) is 30.3 Å². The van der Waals surface area contributed by atoms with Gasteiger partial charge >= 0.3 is 0 Å². The first-order valence-corrected chi connectivity index (χ1v) is 7.26. The van der Waals surface area contributed by atoms with Crippen molar-refractivity contribution in [2.45, 2.75) is 6.61 Å². The molecule has 96 valence electrons. The highest BCUT2D eigenvalue weighted by Gasteiger charge is 2.23. The summed E-state index contributed by atoms with van der Waals surface area (Å²) in [5.41, 5.74) is 3.10. The summed E-state index contributed by atoms with van der Waals surface area (Å²) in [6, 6.07) is 9.64. The van der Waals surface area contributed by atoms with Crippen LogP contribution in [0.1, 0.15) is 5.56 Å². The fourth-order valence-corrected chi connectivity index (χ4v) is 2.88. The molecule has 1 aromatic carbocycles. The van der Waals surface area contributed by atoms with Gasteiger partial charge in [0, 0.05) is 0 Å². The second-order valence-electron chi connectivity index (χ2n) is 3.78. The summed E-state index contributed by atoms with van der Waals surface area (Å²) in [4.78, 5) is 13.8. The zero-order chi connectivity index (χ0) is 12.8. The van der Waals surface area contributed by atoms with E-state index in [-0.39, 0.29) is 0 Å². The van der Waals surface area contributed by atoms with E-state index in [1.54, 1.807) is 4.90 Å². The predicted octanol–water partition coefficient (Wildman–Crippen LogP) is 1.29. The molecule has 0 radical (unpaired) electrons. The third-order valence-electron chi connectivity index (χ3n) is 2.57. The molecule has 18 heavy (non-hydrogen) atoms. The lowest BCUT2D eigenvalue weighted by Gasteiger charge is -2.23. The highest BCUT2D eigenvalue weighted by atomic mass is 32.1. The minimum atomic E-state index is -1.90. The molecular formula is C12H14NO3PS. The Morgan fingerprint density at radius 1 is 1.44 bits per heavy atom. The van der Waals surface area contributed by atoms with Crippen molar-refractivity contribution in [1.82, 2.24) is 4.90 Å². The second kappa shape index (κ2) is 6.92. The number of hydrogen-bond acceptors (Lipinski definition) is 4. The van der Waals surface area contributed by atoms with Gasteiger partial charge in [0.2, 0.25) is 13.4 Å². The molecule has 1 unspecified atom stereocenters. The van der Waals surface area contributed by atoms with Crippen LogP contribution in [0.3, 0.4) is 0 Å². The van der Waals surface area contributed by atoms with E-state index < -0.39 is 8.00 Å². The number of rotatable bonds is 4. The number of ether oxygens (including phenoxy) is 1. The first-order chi connectivity index (χ1) is 8.81. The summed E-state index contributed by atoms with van der Waals surface area (Å²) in [7, 11) is -1.90. The minimum absolute atomic E-state index is 0.317. The Kier molecular flexibility index (Phi) is 5.23. The minimum Gasteiger partial charge on any atom is -0.601 e. The quantitative estimate of drug-likeness (QED) is 0.615. The summed E-state index contributed by atoms with van der Waals surface area (Å²) in [6.45, 7) is 1.87. The Labute approximate surface area is 113 Å². The lowest BCUT2D eigenvalue weighted by atomic mass is 10.2. The average molecular weight is 283 g/mol. The summed E-state index contributed by atoms with van der Waals surface area (Å²) >= 11 is 4.89. The van der Waals surface area contributed by atoms with Crippen LogP contribution < -0.4 is 4.89 Å². The van der Waals surface area contributed by atoms with Gasteiger partial charge in [-0.25, -0.2) is 0 Å². The molecular weight excluding hydrogens is 269 g/mol. The molecule has 0 amide bonds. The molecule has 0 N–H and O–H groups in total. The van der Waals surface area contributed by atoms with Crippen molar-refractivity contribution in [2.24, 2.45) is 0 Å². The molecule has 4 nitrogen and oxygen atoms in total. The lowest BCUT2D eigenvalue weighted by molar-refractivity contribution is -0.173. The summed E-state index contributed by atoms with van der Waals surface area (Å²) in [5.74, 6) is 0. The molecule has 2 rings (SSSR count). The van der Waals surface area contributed by atoms with Crippen molar-refractivity contribution in [3.63, 3.8) is 0 Å². The van der Waals surface area contributed by atoms with E-state index in [9.17, 15) is 4.89 Å². The maximum atomic E-state index is 12.0. The van der Waals surface area contributed by atoms with E-state index in [4.69, 9.17) is 21.5 Å². The Morgan fingerprint density at radius 3 is 2.94 bits per heavy atom. The van der Waals surface area contributed by atoms with E-state index in [2.05, 4.69) is 0 Å². The molecule has 1 fully saturated rings. The smallest absolute Gasteiger partial charge is 0.247 e.